The molecular weight excluding hydrogens is 274 g/mol. The lowest BCUT2D eigenvalue weighted by atomic mass is 10.2. The zero-order valence-electron chi connectivity index (χ0n) is 8.82. The van der Waals surface area contributed by atoms with Crippen LogP contribution < -0.4 is 4.74 Å². The number of aromatic nitrogens is 1. The van der Waals surface area contributed by atoms with Gasteiger partial charge in [0.2, 0.25) is 0 Å². The third-order valence-corrected chi connectivity index (χ3v) is 3.15. The summed E-state index contributed by atoms with van der Waals surface area (Å²) >= 11 is 3.37. The summed E-state index contributed by atoms with van der Waals surface area (Å²) in [6.45, 7) is 0. The molecule has 4 nitrogen and oxygen atoms in total. The Hall–Kier alpha value is -1.49. The molecule has 1 N–H and O–H groups in total. The number of carbonyl (C=O) groups is 1. The van der Waals surface area contributed by atoms with Gasteiger partial charge in [-0.05, 0) is 34.1 Å². The van der Waals surface area contributed by atoms with Crippen LogP contribution in [0.15, 0.2) is 22.7 Å². The van der Waals surface area contributed by atoms with E-state index in [9.17, 15) is 4.79 Å². The van der Waals surface area contributed by atoms with Crippen molar-refractivity contribution < 1.29 is 14.6 Å². The van der Waals surface area contributed by atoms with E-state index in [-0.39, 0.29) is 5.69 Å². The van der Waals surface area contributed by atoms with Crippen LogP contribution in [0.3, 0.4) is 0 Å². The number of aryl methyl sites for hydroxylation is 1. The van der Waals surface area contributed by atoms with E-state index in [1.54, 1.807) is 24.8 Å². The van der Waals surface area contributed by atoms with Crippen LogP contribution in [0.2, 0.25) is 0 Å². The third kappa shape index (κ3) is 1.57. The van der Waals surface area contributed by atoms with Crippen molar-refractivity contribution in [3.63, 3.8) is 0 Å². The number of ether oxygens (including phenoxy) is 1. The van der Waals surface area contributed by atoms with Crippen LogP contribution in [0.5, 0.6) is 5.75 Å². The standard InChI is InChI=1S/C11H10BrNO3/c1-13-8-5-7(12)10(16-2)4-6(8)3-9(13)11(14)15/h3-5H,1-2H3,(H,14,15). The number of nitrogens with zero attached hydrogens (tertiary/aromatic N) is 1. The lowest BCUT2D eigenvalue weighted by Gasteiger charge is -2.04. The summed E-state index contributed by atoms with van der Waals surface area (Å²) in [6.07, 6.45) is 0. The van der Waals surface area contributed by atoms with E-state index in [4.69, 9.17) is 9.84 Å². The summed E-state index contributed by atoms with van der Waals surface area (Å²) in [5.41, 5.74) is 1.11. The maximum atomic E-state index is 11.0. The third-order valence-electron chi connectivity index (χ3n) is 2.54. The fourth-order valence-corrected chi connectivity index (χ4v) is 2.19. The molecule has 5 heteroatoms. The number of benzene rings is 1. The Morgan fingerprint density at radius 2 is 2.12 bits per heavy atom. The molecule has 0 bridgehead atoms. The van der Waals surface area contributed by atoms with Gasteiger partial charge in [0.05, 0.1) is 11.6 Å². The van der Waals surface area contributed by atoms with Gasteiger partial charge in [0.25, 0.3) is 0 Å². The van der Waals surface area contributed by atoms with E-state index in [1.807, 2.05) is 12.1 Å². The van der Waals surface area contributed by atoms with Gasteiger partial charge in [0.1, 0.15) is 11.4 Å². The normalized spacial score (nSPS) is 10.7. The number of methoxy groups -OCH3 is 1. The predicted molar refractivity (Wildman–Crippen MR) is 64.1 cm³/mol. The van der Waals surface area contributed by atoms with Crippen LogP contribution in [0.4, 0.5) is 0 Å². The molecule has 1 aromatic carbocycles. The van der Waals surface area contributed by atoms with Gasteiger partial charge in [-0.2, -0.15) is 0 Å². The highest BCUT2D eigenvalue weighted by Crippen LogP contribution is 2.31. The van der Waals surface area contributed by atoms with Gasteiger partial charge in [-0.3, -0.25) is 0 Å². The number of halogens is 1. The number of fused-ring (bicyclic) bond motifs is 1. The Morgan fingerprint density at radius 3 is 2.69 bits per heavy atom. The molecule has 0 aliphatic carbocycles. The van der Waals surface area contributed by atoms with Gasteiger partial charge in [-0.15, -0.1) is 0 Å². The Morgan fingerprint density at radius 1 is 1.44 bits per heavy atom. The van der Waals surface area contributed by atoms with Gasteiger partial charge in [0.15, 0.2) is 0 Å². The largest absolute Gasteiger partial charge is 0.496 e. The van der Waals surface area contributed by atoms with Crippen molar-refractivity contribution >= 4 is 32.8 Å². The van der Waals surface area contributed by atoms with Crippen molar-refractivity contribution in [3.8, 4) is 5.75 Å². The average Bonchev–Trinajstić information content (AvgIpc) is 2.55. The zero-order chi connectivity index (χ0) is 11.9. The van der Waals surface area contributed by atoms with Crippen LogP contribution in [-0.2, 0) is 7.05 Å². The average molecular weight is 284 g/mol. The molecule has 16 heavy (non-hydrogen) atoms. The summed E-state index contributed by atoms with van der Waals surface area (Å²) in [7, 11) is 3.30. The van der Waals surface area contributed by atoms with E-state index in [0.717, 1.165) is 15.4 Å². The maximum Gasteiger partial charge on any atom is 0.352 e. The second kappa shape index (κ2) is 3.83. The molecule has 0 radical (unpaired) electrons. The second-order valence-corrected chi connectivity index (χ2v) is 4.29. The topological polar surface area (TPSA) is 51.5 Å². The number of carboxylic acid groups (broad SMARTS) is 1. The molecule has 0 amide bonds. The van der Waals surface area contributed by atoms with E-state index in [2.05, 4.69) is 15.9 Å². The van der Waals surface area contributed by atoms with Crippen molar-refractivity contribution in [2.45, 2.75) is 0 Å². The second-order valence-electron chi connectivity index (χ2n) is 3.44. The van der Waals surface area contributed by atoms with E-state index in [0.29, 0.717) is 5.75 Å². The Kier molecular flexibility index (Phi) is 2.63. The molecular formula is C11H10BrNO3. The highest BCUT2D eigenvalue weighted by atomic mass is 79.9. The monoisotopic (exact) mass is 283 g/mol. The molecule has 1 heterocycles. The molecule has 2 aromatic rings. The fourth-order valence-electron chi connectivity index (χ4n) is 1.70. The molecule has 0 unspecified atom stereocenters. The maximum absolute atomic E-state index is 11.0. The van der Waals surface area contributed by atoms with Gasteiger partial charge in [0, 0.05) is 18.0 Å². The molecule has 0 aliphatic heterocycles. The van der Waals surface area contributed by atoms with Crippen molar-refractivity contribution in [2.75, 3.05) is 7.11 Å². The highest BCUT2D eigenvalue weighted by molar-refractivity contribution is 9.10. The Labute approximate surface area is 101 Å². The van der Waals surface area contributed by atoms with Crippen molar-refractivity contribution in [3.05, 3.63) is 28.4 Å². The van der Waals surface area contributed by atoms with Gasteiger partial charge >= 0.3 is 5.97 Å². The number of aromatic carboxylic acids is 1. The minimum Gasteiger partial charge on any atom is -0.496 e. The Bertz CT molecular complexity index is 574. The first-order chi connectivity index (χ1) is 7.54. The van der Waals surface area contributed by atoms with E-state index >= 15 is 0 Å². The summed E-state index contributed by atoms with van der Waals surface area (Å²) in [5.74, 6) is -0.246. The zero-order valence-corrected chi connectivity index (χ0v) is 10.4. The number of hydrogen-bond donors (Lipinski definition) is 1. The minimum absolute atomic E-state index is 0.259. The lowest BCUT2D eigenvalue weighted by molar-refractivity contribution is 0.0687. The SMILES string of the molecule is COc1cc2cc(C(=O)O)n(C)c2cc1Br. The summed E-state index contributed by atoms with van der Waals surface area (Å²) in [5, 5.41) is 9.85. The summed E-state index contributed by atoms with van der Waals surface area (Å²) < 4.78 is 7.61. The van der Waals surface area contributed by atoms with E-state index in [1.165, 1.54) is 0 Å². The first-order valence-electron chi connectivity index (χ1n) is 4.61. The van der Waals surface area contributed by atoms with Crippen LogP contribution in [0.25, 0.3) is 10.9 Å². The number of carboxylic acids is 1. The molecule has 0 saturated carbocycles. The molecule has 0 saturated heterocycles. The van der Waals surface area contributed by atoms with Gasteiger partial charge in [-0.25, -0.2) is 4.79 Å². The molecule has 0 spiro atoms. The predicted octanol–water partition coefficient (Wildman–Crippen LogP) is 2.65. The van der Waals surface area contributed by atoms with Gasteiger partial charge < -0.3 is 14.4 Å². The number of rotatable bonds is 2. The van der Waals surface area contributed by atoms with Crippen LogP contribution >= 0.6 is 15.9 Å². The summed E-state index contributed by atoms with van der Waals surface area (Å²) in [4.78, 5) is 11.0. The molecule has 0 atom stereocenters. The molecule has 1 aromatic heterocycles. The minimum atomic E-state index is -0.936. The fraction of sp³-hybridized carbons (Fsp3) is 0.182. The lowest BCUT2D eigenvalue weighted by Crippen LogP contribution is -2.03. The Balaban J connectivity index is 2.77. The molecule has 84 valence electrons. The molecule has 0 fully saturated rings. The van der Waals surface area contributed by atoms with Crippen molar-refractivity contribution in [1.82, 2.24) is 4.57 Å². The first kappa shape index (κ1) is 11.0. The number of hydrogen-bond acceptors (Lipinski definition) is 2. The highest BCUT2D eigenvalue weighted by Gasteiger charge is 2.13. The molecule has 0 aliphatic rings. The molecule has 2 rings (SSSR count). The van der Waals surface area contributed by atoms with Crippen LogP contribution in [0.1, 0.15) is 10.5 Å². The van der Waals surface area contributed by atoms with Crippen LogP contribution in [0, 0.1) is 0 Å². The summed E-state index contributed by atoms with van der Waals surface area (Å²) in [6, 6.07) is 5.29. The van der Waals surface area contributed by atoms with Crippen molar-refractivity contribution in [1.29, 1.82) is 0 Å². The first-order valence-corrected chi connectivity index (χ1v) is 5.40. The van der Waals surface area contributed by atoms with Gasteiger partial charge in [-0.1, -0.05) is 0 Å². The quantitative estimate of drug-likeness (QED) is 0.922. The van der Waals surface area contributed by atoms with Crippen LogP contribution in [-0.4, -0.2) is 22.8 Å². The van der Waals surface area contributed by atoms with E-state index < -0.39 is 5.97 Å². The smallest absolute Gasteiger partial charge is 0.352 e. The van der Waals surface area contributed by atoms with Crippen molar-refractivity contribution in [2.24, 2.45) is 7.05 Å².